The largest absolute Gasteiger partial charge is 0.466 e. The molecule has 0 aromatic rings. The number of hydrogen-bond donors (Lipinski definition) is 3. The Morgan fingerprint density at radius 3 is 1.44 bits per heavy atom. The molecule has 0 aliphatic rings. The van der Waals surface area contributed by atoms with Crippen LogP contribution < -0.4 is 5.32 Å². The fourth-order valence-electron chi connectivity index (χ4n) is 6.63. The van der Waals surface area contributed by atoms with Crippen molar-refractivity contribution in [2.75, 3.05) is 13.2 Å². The molecule has 0 saturated heterocycles. The average Bonchev–Trinajstić information content (AvgIpc) is 3.11. The fourth-order valence-corrected chi connectivity index (χ4v) is 6.63. The van der Waals surface area contributed by atoms with Gasteiger partial charge in [0.25, 0.3) is 0 Å². The monoisotopic (exact) mass is 708 g/mol. The van der Waals surface area contributed by atoms with Crippen LogP contribution in [-0.2, 0) is 14.3 Å². The first-order valence-corrected chi connectivity index (χ1v) is 21.9. The van der Waals surface area contributed by atoms with Gasteiger partial charge in [0, 0.05) is 12.8 Å². The normalized spacial score (nSPS) is 12.8. The molecule has 0 heterocycles. The van der Waals surface area contributed by atoms with E-state index in [1.807, 2.05) is 0 Å². The van der Waals surface area contributed by atoms with Gasteiger partial charge in [-0.05, 0) is 51.4 Å². The van der Waals surface area contributed by atoms with E-state index >= 15 is 0 Å². The molecule has 50 heavy (non-hydrogen) atoms. The summed E-state index contributed by atoms with van der Waals surface area (Å²) in [4.78, 5) is 24.3. The van der Waals surface area contributed by atoms with Crippen molar-refractivity contribution < 1.29 is 24.5 Å². The summed E-state index contributed by atoms with van der Waals surface area (Å²) < 4.78 is 5.42. The first kappa shape index (κ1) is 48.6. The molecule has 0 radical (unpaired) electrons. The van der Waals surface area contributed by atoms with Gasteiger partial charge in [0.05, 0.1) is 25.4 Å². The highest BCUT2D eigenvalue weighted by Gasteiger charge is 2.20. The van der Waals surface area contributed by atoms with E-state index in [9.17, 15) is 19.8 Å². The number of nitrogens with one attached hydrogen (secondary N) is 1. The number of esters is 1. The number of carbonyl (C=O) groups excluding carboxylic acids is 2. The third-order valence-electron chi connectivity index (χ3n) is 10.1. The Morgan fingerprint density at radius 1 is 0.540 bits per heavy atom. The maximum Gasteiger partial charge on any atom is 0.305 e. The molecule has 0 saturated carbocycles. The van der Waals surface area contributed by atoms with Crippen molar-refractivity contribution in [1.29, 1.82) is 0 Å². The maximum absolute atomic E-state index is 12.3. The van der Waals surface area contributed by atoms with Gasteiger partial charge < -0.3 is 20.3 Å². The number of unbranched alkanes of at least 4 members (excludes halogenated alkanes) is 27. The zero-order chi connectivity index (χ0) is 36.6. The maximum atomic E-state index is 12.3. The molecule has 6 nitrogen and oxygen atoms in total. The summed E-state index contributed by atoms with van der Waals surface area (Å²) in [5, 5.41) is 23.0. The summed E-state index contributed by atoms with van der Waals surface area (Å²) >= 11 is 0. The second kappa shape index (κ2) is 40.4. The van der Waals surface area contributed by atoms with Gasteiger partial charge in [0.1, 0.15) is 0 Å². The molecule has 3 N–H and O–H groups in total. The minimum Gasteiger partial charge on any atom is -0.466 e. The van der Waals surface area contributed by atoms with E-state index in [4.69, 9.17) is 4.74 Å². The zero-order valence-corrected chi connectivity index (χ0v) is 33.4. The standard InChI is InChI=1S/C44H85NO5/c1-3-5-7-9-11-13-17-22-26-30-34-38-44(49)50-39-35-31-27-23-19-16-14-15-18-21-25-29-33-37-43(48)45-41(40-46)42(47)36-32-28-24-20-12-10-8-6-4-2/h15,18,41-42,46-47H,3-14,16-17,19-40H2,1-2H3,(H,45,48)/b18-15-. The van der Waals surface area contributed by atoms with Crippen LogP contribution in [0.25, 0.3) is 0 Å². The fraction of sp³-hybridized carbons (Fsp3) is 0.909. The molecule has 1 amide bonds. The molecule has 0 bridgehead atoms. The summed E-state index contributed by atoms with van der Waals surface area (Å²) in [6, 6.07) is -0.557. The molecule has 0 aromatic heterocycles. The van der Waals surface area contributed by atoms with Crippen molar-refractivity contribution in [2.24, 2.45) is 0 Å². The molecule has 0 rings (SSSR count). The summed E-state index contributed by atoms with van der Waals surface area (Å²) in [7, 11) is 0. The van der Waals surface area contributed by atoms with Crippen molar-refractivity contribution >= 4 is 11.9 Å². The van der Waals surface area contributed by atoms with Crippen molar-refractivity contribution in [3.05, 3.63) is 12.2 Å². The van der Waals surface area contributed by atoms with E-state index in [1.54, 1.807) is 0 Å². The van der Waals surface area contributed by atoms with E-state index in [1.165, 1.54) is 128 Å². The van der Waals surface area contributed by atoms with Gasteiger partial charge in [0.2, 0.25) is 5.91 Å². The molecule has 0 aliphatic carbocycles. The van der Waals surface area contributed by atoms with Crippen LogP contribution >= 0.6 is 0 Å². The van der Waals surface area contributed by atoms with Gasteiger partial charge in [-0.25, -0.2) is 0 Å². The van der Waals surface area contributed by atoms with Gasteiger partial charge in [-0.2, -0.15) is 0 Å². The topological polar surface area (TPSA) is 95.9 Å². The molecule has 0 spiro atoms. The highest BCUT2D eigenvalue weighted by Crippen LogP contribution is 2.15. The number of aliphatic hydroxyl groups is 2. The zero-order valence-electron chi connectivity index (χ0n) is 33.4. The predicted octanol–water partition coefficient (Wildman–Crippen LogP) is 12.2. The summed E-state index contributed by atoms with van der Waals surface area (Å²) in [5.41, 5.74) is 0. The van der Waals surface area contributed by atoms with Crippen LogP contribution in [0.15, 0.2) is 12.2 Å². The Kier molecular flexibility index (Phi) is 39.2. The summed E-state index contributed by atoms with van der Waals surface area (Å²) in [6.45, 7) is 4.87. The number of carbonyl (C=O) groups is 2. The van der Waals surface area contributed by atoms with Crippen molar-refractivity contribution in [3.63, 3.8) is 0 Å². The molecule has 0 aliphatic heterocycles. The minimum atomic E-state index is -0.677. The predicted molar refractivity (Wildman–Crippen MR) is 213 cm³/mol. The highest BCUT2D eigenvalue weighted by atomic mass is 16.5. The number of allylic oxidation sites excluding steroid dienone is 2. The van der Waals surface area contributed by atoms with E-state index in [2.05, 4.69) is 31.3 Å². The lowest BCUT2D eigenvalue weighted by atomic mass is 10.0. The number of aliphatic hydroxyl groups excluding tert-OH is 2. The smallest absolute Gasteiger partial charge is 0.305 e. The SMILES string of the molecule is CCCCCCCCCCCCCC(=O)OCCCCCCCC/C=C\CCCCCC(=O)NC(CO)C(O)CCCCCCCCCCC. The number of amides is 1. The van der Waals surface area contributed by atoms with Crippen LogP contribution in [0, 0.1) is 0 Å². The third kappa shape index (κ3) is 36.4. The van der Waals surface area contributed by atoms with E-state index in [-0.39, 0.29) is 18.5 Å². The molecular weight excluding hydrogens is 622 g/mol. The van der Waals surface area contributed by atoms with Crippen molar-refractivity contribution in [1.82, 2.24) is 5.32 Å². The van der Waals surface area contributed by atoms with E-state index in [0.717, 1.165) is 70.6 Å². The summed E-state index contributed by atoms with van der Waals surface area (Å²) in [6.07, 6.45) is 43.1. The van der Waals surface area contributed by atoms with E-state index < -0.39 is 12.1 Å². The second-order valence-electron chi connectivity index (χ2n) is 15.0. The van der Waals surface area contributed by atoms with E-state index in [0.29, 0.717) is 25.9 Å². The lowest BCUT2D eigenvalue weighted by Crippen LogP contribution is -2.45. The van der Waals surface area contributed by atoms with Gasteiger partial charge in [0.15, 0.2) is 0 Å². The van der Waals surface area contributed by atoms with Crippen LogP contribution in [0.1, 0.15) is 232 Å². The van der Waals surface area contributed by atoms with Crippen LogP contribution in [-0.4, -0.2) is 47.4 Å². The average molecular weight is 708 g/mol. The molecular formula is C44H85NO5. The Bertz CT molecular complexity index is 742. The van der Waals surface area contributed by atoms with Crippen LogP contribution in [0.3, 0.4) is 0 Å². The Morgan fingerprint density at radius 2 is 0.940 bits per heavy atom. The van der Waals surface area contributed by atoms with Gasteiger partial charge in [-0.15, -0.1) is 0 Å². The van der Waals surface area contributed by atoms with Crippen LogP contribution in [0.2, 0.25) is 0 Å². The molecule has 6 heteroatoms. The number of rotatable bonds is 40. The lowest BCUT2D eigenvalue weighted by molar-refractivity contribution is -0.143. The van der Waals surface area contributed by atoms with Gasteiger partial charge >= 0.3 is 5.97 Å². The van der Waals surface area contributed by atoms with Gasteiger partial charge in [-0.1, -0.05) is 180 Å². The minimum absolute atomic E-state index is 0.0137. The molecule has 296 valence electrons. The summed E-state index contributed by atoms with van der Waals surface area (Å²) in [5.74, 6) is -0.0818. The third-order valence-corrected chi connectivity index (χ3v) is 10.1. The van der Waals surface area contributed by atoms with Crippen LogP contribution in [0.5, 0.6) is 0 Å². The van der Waals surface area contributed by atoms with Crippen molar-refractivity contribution in [3.8, 4) is 0 Å². The molecule has 0 fully saturated rings. The van der Waals surface area contributed by atoms with Crippen molar-refractivity contribution in [2.45, 2.75) is 244 Å². The first-order valence-electron chi connectivity index (χ1n) is 21.9. The Labute approximate surface area is 310 Å². The Hall–Kier alpha value is -1.40. The Balaban J connectivity index is 3.49. The molecule has 2 unspecified atom stereocenters. The first-order chi connectivity index (χ1) is 24.5. The van der Waals surface area contributed by atoms with Crippen LogP contribution in [0.4, 0.5) is 0 Å². The highest BCUT2D eigenvalue weighted by molar-refractivity contribution is 5.76. The second-order valence-corrected chi connectivity index (χ2v) is 15.0. The number of hydrogen-bond acceptors (Lipinski definition) is 5. The lowest BCUT2D eigenvalue weighted by Gasteiger charge is -2.22. The number of ether oxygens (including phenoxy) is 1. The van der Waals surface area contributed by atoms with Gasteiger partial charge in [-0.3, -0.25) is 9.59 Å². The molecule has 2 atom stereocenters. The quantitative estimate of drug-likeness (QED) is 0.0335. The molecule has 0 aromatic carbocycles.